The highest BCUT2D eigenvalue weighted by atomic mass is 19.4. The molecule has 0 aliphatic carbocycles. The Balaban J connectivity index is 1.72. The Hall–Kier alpha value is -3.23. The first kappa shape index (κ1) is 18.6. The molecule has 3 aromatic rings. The second-order valence-corrected chi connectivity index (χ2v) is 6.09. The summed E-state index contributed by atoms with van der Waals surface area (Å²) in [6, 6.07) is 10.2. The molecule has 1 amide bonds. The summed E-state index contributed by atoms with van der Waals surface area (Å²) < 4.78 is 38.4. The number of nitrogens with zero attached hydrogens (tertiary/aromatic N) is 4. The number of carbonyl (C=O) groups excluding carboxylic acids is 1. The van der Waals surface area contributed by atoms with Crippen LogP contribution >= 0.6 is 0 Å². The van der Waals surface area contributed by atoms with Crippen molar-refractivity contribution in [1.82, 2.24) is 20.2 Å². The molecule has 140 valence electrons. The van der Waals surface area contributed by atoms with E-state index in [4.69, 9.17) is 0 Å². The van der Waals surface area contributed by atoms with Crippen molar-refractivity contribution in [3.05, 3.63) is 59.2 Å². The predicted octanol–water partition coefficient (Wildman–Crippen LogP) is 3.61. The van der Waals surface area contributed by atoms with Crippen LogP contribution in [-0.2, 0) is 17.5 Å². The molecule has 0 spiro atoms. The quantitative estimate of drug-likeness (QED) is 0.756. The minimum atomic E-state index is -4.46. The van der Waals surface area contributed by atoms with Crippen LogP contribution in [0.4, 0.5) is 18.9 Å². The van der Waals surface area contributed by atoms with Gasteiger partial charge in [-0.1, -0.05) is 29.8 Å². The Labute approximate surface area is 153 Å². The summed E-state index contributed by atoms with van der Waals surface area (Å²) >= 11 is 0. The van der Waals surface area contributed by atoms with Crippen LogP contribution < -0.4 is 5.32 Å². The lowest BCUT2D eigenvalue weighted by Gasteiger charge is -2.08. The van der Waals surface area contributed by atoms with Crippen molar-refractivity contribution in [3.8, 4) is 11.4 Å². The molecule has 0 bridgehead atoms. The molecule has 1 aromatic heterocycles. The van der Waals surface area contributed by atoms with Gasteiger partial charge in [-0.3, -0.25) is 4.79 Å². The third kappa shape index (κ3) is 4.49. The number of anilines is 1. The van der Waals surface area contributed by atoms with Gasteiger partial charge in [0.05, 0.1) is 5.56 Å². The fourth-order valence-electron chi connectivity index (χ4n) is 2.53. The summed E-state index contributed by atoms with van der Waals surface area (Å²) in [5.41, 5.74) is 2.03. The maximum atomic E-state index is 12.8. The zero-order valence-corrected chi connectivity index (χ0v) is 14.6. The molecular formula is C18H16F3N5O. The van der Waals surface area contributed by atoms with E-state index in [0.717, 1.165) is 28.1 Å². The molecule has 9 heteroatoms. The molecule has 0 aliphatic rings. The molecule has 6 nitrogen and oxygen atoms in total. The molecule has 2 aromatic carbocycles. The first-order valence-electron chi connectivity index (χ1n) is 8.05. The van der Waals surface area contributed by atoms with Crippen LogP contribution in [0.25, 0.3) is 11.4 Å². The van der Waals surface area contributed by atoms with E-state index in [2.05, 4.69) is 20.7 Å². The normalized spacial score (nSPS) is 11.4. The first-order chi connectivity index (χ1) is 12.7. The maximum Gasteiger partial charge on any atom is 0.416 e. The molecule has 0 saturated carbocycles. The Bertz CT molecular complexity index is 981. The van der Waals surface area contributed by atoms with E-state index in [-0.39, 0.29) is 23.8 Å². The lowest BCUT2D eigenvalue weighted by molar-refractivity contribution is -0.137. The van der Waals surface area contributed by atoms with Gasteiger partial charge in [-0.2, -0.15) is 18.0 Å². The van der Waals surface area contributed by atoms with E-state index in [9.17, 15) is 18.0 Å². The van der Waals surface area contributed by atoms with Crippen LogP contribution in [0, 0.1) is 13.8 Å². The second kappa shape index (κ2) is 7.18. The van der Waals surface area contributed by atoms with E-state index in [1.54, 1.807) is 6.07 Å². The van der Waals surface area contributed by atoms with Crippen molar-refractivity contribution in [2.45, 2.75) is 26.6 Å². The highest BCUT2D eigenvalue weighted by Crippen LogP contribution is 2.31. The first-order valence-corrected chi connectivity index (χ1v) is 8.05. The van der Waals surface area contributed by atoms with Gasteiger partial charge < -0.3 is 5.32 Å². The Morgan fingerprint density at radius 1 is 1.15 bits per heavy atom. The van der Waals surface area contributed by atoms with Gasteiger partial charge in [-0.25, -0.2) is 0 Å². The summed E-state index contributed by atoms with van der Waals surface area (Å²) in [6.07, 6.45) is -4.46. The molecular weight excluding hydrogens is 359 g/mol. The molecule has 27 heavy (non-hydrogen) atoms. The number of rotatable bonds is 4. The summed E-state index contributed by atoms with van der Waals surface area (Å²) in [7, 11) is 0. The van der Waals surface area contributed by atoms with Gasteiger partial charge in [0, 0.05) is 11.3 Å². The largest absolute Gasteiger partial charge is 0.416 e. The van der Waals surface area contributed by atoms with E-state index in [1.807, 2.05) is 26.0 Å². The van der Waals surface area contributed by atoms with Gasteiger partial charge in [0.1, 0.15) is 6.54 Å². The van der Waals surface area contributed by atoms with Crippen molar-refractivity contribution in [3.63, 3.8) is 0 Å². The van der Waals surface area contributed by atoms with Gasteiger partial charge in [0.15, 0.2) is 0 Å². The molecule has 0 aliphatic heterocycles. The van der Waals surface area contributed by atoms with Crippen LogP contribution in [0.1, 0.15) is 16.7 Å². The molecule has 0 atom stereocenters. The number of tetrazole rings is 1. The Morgan fingerprint density at radius 3 is 2.63 bits per heavy atom. The highest BCUT2D eigenvalue weighted by Gasteiger charge is 2.30. The average Bonchev–Trinajstić information content (AvgIpc) is 3.05. The zero-order chi connectivity index (χ0) is 19.6. The van der Waals surface area contributed by atoms with E-state index in [0.29, 0.717) is 5.69 Å². The van der Waals surface area contributed by atoms with Crippen molar-refractivity contribution in [2.75, 3.05) is 5.32 Å². The van der Waals surface area contributed by atoms with Crippen molar-refractivity contribution in [1.29, 1.82) is 0 Å². The third-order valence-corrected chi connectivity index (χ3v) is 3.84. The monoisotopic (exact) mass is 375 g/mol. The minimum absolute atomic E-state index is 0.0143. The SMILES string of the molecule is Cc1ccc(NC(=O)Cn2nnc(-c3cccc(C(F)(F)F)c3)n2)c(C)c1. The third-order valence-electron chi connectivity index (χ3n) is 3.84. The van der Waals surface area contributed by atoms with Crippen LogP contribution in [0.5, 0.6) is 0 Å². The Morgan fingerprint density at radius 2 is 1.93 bits per heavy atom. The summed E-state index contributed by atoms with van der Waals surface area (Å²) in [5, 5.41) is 14.2. The van der Waals surface area contributed by atoms with E-state index in [1.165, 1.54) is 12.1 Å². The topological polar surface area (TPSA) is 72.7 Å². The fourth-order valence-corrected chi connectivity index (χ4v) is 2.53. The molecule has 0 radical (unpaired) electrons. The number of halogens is 3. The molecule has 1 N–H and O–H groups in total. The van der Waals surface area contributed by atoms with Gasteiger partial charge in [-0.15, -0.1) is 10.2 Å². The number of aromatic nitrogens is 4. The maximum absolute atomic E-state index is 12.8. The number of aryl methyl sites for hydroxylation is 2. The number of carbonyl (C=O) groups is 1. The summed E-state index contributed by atoms with van der Waals surface area (Å²) in [6.45, 7) is 3.62. The van der Waals surface area contributed by atoms with Crippen molar-refractivity contribution in [2.24, 2.45) is 0 Å². The Kier molecular flexibility index (Phi) is 4.93. The lowest BCUT2D eigenvalue weighted by Crippen LogP contribution is -2.21. The van der Waals surface area contributed by atoms with Gasteiger partial charge in [-0.05, 0) is 42.8 Å². The summed E-state index contributed by atoms with van der Waals surface area (Å²) in [4.78, 5) is 13.2. The van der Waals surface area contributed by atoms with Gasteiger partial charge >= 0.3 is 6.18 Å². The lowest BCUT2D eigenvalue weighted by atomic mass is 10.1. The van der Waals surface area contributed by atoms with Crippen molar-refractivity contribution < 1.29 is 18.0 Å². The number of alkyl halides is 3. The predicted molar refractivity (Wildman–Crippen MR) is 92.8 cm³/mol. The smallest absolute Gasteiger partial charge is 0.324 e. The fraction of sp³-hybridized carbons (Fsp3) is 0.222. The molecule has 0 saturated heterocycles. The van der Waals surface area contributed by atoms with Crippen molar-refractivity contribution >= 4 is 11.6 Å². The summed E-state index contributed by atoms with van der Waals surface area (Å²) in [5.74, 6) is -0.352. The number of hydrogen-bond donors (Lipinski definition) is 1. The average molecular weight is 375 g/mol. The molecule has 0 unspecified atom stereocenters. The molecule has 3 rings (SSSR count). The standard InChI is InChI=1S/C18H16F3N5O/c1-11-6-7-15(12(2)8-11)22-16(27)10-26-24-17(23-25-26)13-4-3-5-14(9-13)18(19,20)21/h3-9H,10H2,1-2H3,(H,22,27). The molecule has 1 heterocycles. The second-order valence-electron chi connectivity index (χ2n) is 6.09. The highest BCUT2D eigenvalue weighted by molar-refractivity contribution is 5.91. The van der Waals surface area contributed by atoms with Crippen LogP contribution in [0.3, 0.4) is 0 Å². The number of benzene rings is 2. The zero-order valence-electron chi connectivity index (χ0n) is 14.6. The van der Waals surface area contributed by atoms with Crippen LogP contribution in [0.15, 0.2) is 42.5 Å². The number of nitrogens with one attached hydrogen (secondary N) is 1. The van der Waals surface area contributed by atoms with Gasteiger partial charge in [0.2, 0.25) is 11.7 Å². The van der Waals surface area contributed by atoms with Crippen LogP contribution in [0.2, 0.25) is 0 Å². The van der Waals surface area contributed by atoms with Crippen LogP contribution in [-0.4, -0.2) is 26.1 Å². The van der Waals surface area contributed by atoms with E-state index < -0.39 is 11.7 Å². The minimum Gasteiger partial charge on any atom is -0.324 e. The van der Waals surface area contributed by atoms with Gasteiger partial charge in [0.25, 0.3) is 0 Å². The molecule has 0 fully saturated rings. The van der Waals surface area contributed by atoms with E-state index >= 15 is 0 Å². The number of hydrogen-bond acceptors (Lipinski definition) is 4. The number of amides is 1.